The minimum atomic E-state index is -0.0765. The van der Waals surface area contributed by atoms with Gasteiger partial charge >= 0.3 is 0 Å². The van der Waals surface area contributed by atoms with Crippen molar-refractivity contribution in [3.05, 3.63) is 90.6 Å². The van der Waals surface area contributed by atoms with Crippen molar-refractivity contribution in [2.75, 3.05) is 13.3 Å². The largest absolute Gasteiger partial charge is 0.472 e. The third kappa shape index (κ3) is 4.18. The molecule has 32 heavy (non-hydrogen) atoms. The van der Waals surface area contributed by atoms with E-state index < -0.39 is 0 Å². The molecule has 0 saturated heterocycles. The van der Waals surface area contributed by atoms with Crippen LogP contribution in [0.5, 0.6) is 17.2 Å². The normalized spacial score (nSPS) is 12.9. The zero-order chi connectivity index (χ0) is 21.9. The second-order valence-corrected chi connectivity index (χ2v) is 7.62. The van der Waals surface area contributed by atoms with Crippen LogP contribution in [-0.2, 0) is 13.5 Å². The summed E-state index contributed by atoms with van der Waals surface area (Å²) in [4.78, 5) is 23.5. The van der Waals surface area contributed by atoms with Crippen molar-refractivity contribution < 1.29 is 14.3 Å². The van der Waals surface area contributed by atoms with E-state index in [9.17, 15) is 4.79 Å². The van der Waals surface area contributed by atoms with Crippen molar-refractivity contribution in [3.8, 4) is 28.5 Å². The van der Waals surface area contributed by atoms with Crippen molar-refractivity contribution >= 4 is 5.91 Å². The second kappa shape index (κ2) is 8.55. The van der Waals surface area contributed by atoms with Gasteiger partial charge in [-0.1, -0.05) is 6.07 Å². The Morgan fingerprint density at radius 2 is 1.94 bits per heavy atom. The molecule has 0 radical (unpaired) electrons. The molecule has 1 aromatic carbocycles. The summed E-state index contributed by atoms with van der Waals surface area (Å²) in [5.74, 6) is 1.70. The highest BCUT2D eigenvalue weighted by Gasteiger charge is 2.26. The predicted octanol–water partition coefficient (Wildman–Crippen LogP) is 4.31. The predicted molar refractivity (Wildman–Crippen MR) is 120 cm³/mol. The van der Waals surface area contributed by atoms with Gasteiger partial charge in [-0.2, -0.15) is 0 Å². The topological polar surface area (TPSA) is 69.5 Å². The molecule has 7 nitrogen and oxygen atoms in total. The lowest BCUT2D eigenvalue weighted by Crippen LogP contribution is -2.39. The van der Waals surface area contributed by atoms with Gasteiger partial charge in [0.2, 0.25) is 0 Å². The van der Waals surface area contributed by atoms with Crippen LogP contribution in [0.15, 0.2) is 79.4 Å². The first kappa shape index (κ1) is 19.8. The van der Waals surface area contributed by atoms with E-state index in [4.69, 9.17) is 9.47 Å². The third-order valence-corrected chi connectivity index (χ3v) is 5.30. The molecule has 0 bridgehead atoms. The highest BCUT2D eigenvalue weighted by molar-refractivity contribution is 5.98. The lowest BCUT2D eigenvalue weighted by Gasteiger charge is -2.29. The van der Waals surface area contributed by atoms with Gasteiger partial charge in [0.25, 0.3) is 5.91 Å². The van der Waals surface area contributed by atoms with Crippen molar-refractivity contribution in [2.45, 2.75) is 6.42 Å². The summed E-state index contributed by atoms with van der Waals surface area (Å²) in [6.07, 6.45) is 8.11. The van der Waals surface area contributed by atoms with Gasteiger partial charge in [-0.25, -0.2) is 0 Å². The number of nitrogens with zero attached hydrogens (tertiary/aromatic N) is 4. The summed E-state index contributed by atoms with van der Waals surface area (Å²) in [6, 6.07) is 16.8. The molecule has 0 fully saturated rings. The minimum Gasteiger partial charge on any atom is -0.472 e. The first-order valence-electron chi connectivity index (χ1n) is 10.4. The van der Waals surface area contributed by atoms with Crippen LogP contribution < -0.4 is 9.47 Å². The molecule has 0 saturated carbocycles. The number of carbonyl (C=O) groups is 1. The van der Waals surface area contributed by atoms with Gasteiger partial charge in [-0.05, 0) is 42.5 Å². The van der Waals surface area contributed by atoms with Crippen LogP contribution in [0.2, 0.25) is 0 Å². The molecular weight excluding hydrogens is 404 g/mol. The number of hydrogen-bond donors (Lipinski definition) is 0. The number of fused-ring (bicyclic) bond motifs is 1. The molecule has 5 rings (SSSR count). The van der Waals surface area contributed by atoms with Gasteiger partial charge in [0.15, 0.2) is 6.73 Å². The Bertz CT molecular complexity index is 1250. The van der Waals surface area contributed by atoms with E-state index in [1.54, 1.807) is 41.6 Å². The smallest absolute Gasteiger partial charge is 0.260 e. The van der Waals surface area contributed by atoms with E-state index in [2.05, 4.69) is 9.97 Å². The molecule has 4 heterocycles. The van der Waals surface area contributed by atoms with Crippen molar-refractivity contribution in [1.82, 2.24) is 19.4 Å². The second-order valence-electron chi connectivity index (χ2n) is 7.62. The molecule has 1 amide bonds. The summed E-state index contributed by atoms with van der Waals surface area (Å²) in [6.45, 7) is 0.759. The maximum Gasteiger partial charge on any atom is 0.260 e. The highest BCUT2D eigenvalue weighted by Crippen LogP contribution is 2.32. The summed E-state index contributed by atoms with van der Waals surface area (Å²) >= 11 is 0. The molecular formula is C25H22N4O3. The molecule has 0 atom stereocenters. The number of aryl methyl sites for hydroxylation is 1. The fourth-order valence-electron chi connectivity index (χ4n) is 3.63. The average Bonchev–Trinajstić information content (AvgIpc) is 3.26. The molecule has 1 aliphatic rings. The summed E-state index contributed by atoms with van der Waals surface area (Å²) in [5, 5.41) is 0. The molecule has 1 aliphatic heterocycles. The van der Waals surface area contributed by atoms with Gasteiger partial charge in [0.05, 0.1) is 11.3 Å². The minimum absolute atomic E-state index is 0.0765. The van der Waals surface area contributed by atoms with Crippen molar-refractivity contribution in [1.29, 1.82) is 0 Å². The number of hydrogen-bond acceptors (Lipinski definition) is 5. The Balaban J connectivity index is 1.32. The van der Waals surface area contributed by atoms with E-state index in [0.717, 1.165) is 17.0 Å². The summed E-state index contributed by atoms with van der Waals surface area (Å²) < 4.78 is 13.8. The lowest BCUT2D eigenvalue weighted by atomic mass is 10.1. The first-order valence-corrected chi connectivity index (χ1v) is 10.4. The Morgan fingerprint density at radius 3 is 2.75 bits per heavy atom. The molecule has 3 aromatic heterocycles. The molecule has 7 heteroatoms. The summed E-state index contributed by atoms with van der Waals surface area (Å²) in [5.41, 5.74) is 3.26. The zero-order valence-electron chi connectivity index (χ0n) is 17.6. The van der Waals surface area contributed by atoms with E-state index in [0.29, 0.717) is 35.8 Å². The van der Waals surface area contributed by atoms with Crippen LogP contribution >= 0.6 is 0 Å². The van der Waals surface area contributed by atoms with Crippen LogP contribution in [0.1, 0.15) is 16.1 Å². The zero-order valence-corrected chi connectivity index (χ0v) is 17.6. The number of carbonyl (C=O) groups excluding carboxylic acids is 1. The van der Waals surface area contributed by atoms with E-state index in [1.807, 2.05) is 54.3 Å². The van der Waals surface area contributed by atoms with Gasteiger partial charge in [0, 0.05) is 62.1 Å². The van der Waals surface area contributed by atoms with Gasteiger partial charge in [-0.3, -0.25) is 14.8 Å². The van der Waals surface area contributed by atoms with Gasteiger partial charge < -0.3 is 18.9 Å². The number of pyridine rings is 2. The molecule has 0 aliphatic carbocycles. The quantitative estimate of drug-likeness (QED) is 0.460. The number of benzene rings is 1. The fraction of sp³-hybridized carbons (Fsp3) is 0.160. The SMILES string of the molecule is Cn1ccc(-c2cc(Oc3ccc4c(c3)C(=O)N(CCc3ccccn3)CO4)ccn2)c1. The molecule has 0 N–H and O–H groups in total. The van der Waals surface area contributed by atoms with E-state index in [-0.39, 0.29) is 12.6 Å². The van der Waals surface area contributed by atoms with Crippen LogP contribution in [0.3, 0.4) is 0 Å². The molecule has 0 spiro atoms. The molecule has 0 unspecified atom stereocenters. The molecule has 160 valence electrons. The van der Waals surface area contributed by atoms with Crippen molar-refractivity contribution in [3.63, 3.8) is 0 Å². The Kier molecular flexibility index (Phi) is 5.29. The third-order valence-electron chi connectivity index (χ3n) is 5.30. The first-order chi connectivity index (χ1) is 15.7. The fourth-order valence-corrected chi connectivity index (χ4v) is 3.63. The summed E-state index contributed by atoms with van der Waals surface area (Å²) in [7, 11) is 1.97. The van der Waals surface area contributed by atoms with Gasteiger partial charge in [0.1, 0.15) is 17.2 Å². The standard InChI is InChI=1S/C25H22N4O3/c1-28-12-8-18(16-28)23-15-21(7-11-27-23)32-20-5-6-24-22(14-20)25(30)29(17-31-24)13-9-19-4-2-3-10-26-19/h2-8,10-12,14-16H,9,13,17H2,1H3. The van der Waals surface area contributed by atoms with E-state index in [1.165, 1.54) is 0 Å². The Labute approximate surface area is 185 Å². The Hall–Kier alpha value is -4.13. The number of aromatic nitrogens is 3. The average molecular weight is 426 g/mol. The van der Waals surface area contributed by atoms with Crippen LogP contribution in [0.4, 0.5) is 0 Å². The maximum absolute atomic E-state index is 13.0. The number of rotatable bonds is 6. The van der Waals surface area contributed by atoms with Crippen molar-refractivity contribution in [2.24, 2.45) is 7.05 Å². The Morgan fingerprint density at radius 1 is 1.03 bits per heavy atom. The molecule has 4 aromatic rings. The van der Waals surface area contributed by atoms with Crippen LogP contribution in [-0.4, -0.2) is 38.6 Å². The van der Waals surface area contributed by atoms with Crippen LogP contribution in [0, 0.1) is 0 Å². The lowest BCUT2D eigenvalue weighted by molar-refractivity contribution is 0.0524. The van der Waals surface area contributed by atoms with Gasteiger partial charge in [-0.15, -0.1) is 0 Å². The number of amides is 1. The number of ether oxygens (including phenoxy) is 2. The van der Waals surface area contributed by atoms with E-state index >= 15 is 0 Å². The maximum atomic E-state index is 13.0. The monoisotopic (exact) mass is 426 g/mol. The van der Waals surface area contributed by atoms with Crippen LogP contribution in [0.25, 0.3) is 11.3 Å². The highest BCUT2D eigenvalue weighted by atomic mass is 16.5.